The van der Waals surface area contributed by atoms with Gasteiger partial charge in [0.05, 0.1) is 5.41 Å². The topological polar surface area (TPSA) is 32.7 Å². The van der Waals surface area contributed by atoms with E-state index in [0.29, 0.717) is 17.8 Å². The van der Waals surface area contributed by atoms with Crippen molar-refractivity contribution in [1.29, 1.82) is 0 Å². The molecule has 1 amide bonds. The highest BCUT2D eigenvalue weighted by Crippen LogP contribution is 2.72. The van der Waals surface area contributed by atoms with Crippen molar-refractivity contribution >= 4 is 24.4 Å². The predicted molar refractivity (Wildman–Crippen MR) is 118 cm³/mol. The number of nitrogens with zero attached hydrogens (tertiary/aromatic N) is 2. The van der Waals surface area contributed by atoms with Crippen LogP contribution in [-0.2, 0) is 10.2 Å². The second-order valence-electron chi connectivity index (χ2n) is 9.79. The molecule has 6 rings (SSSR count). The molecular weight excluding hydrogens is 380 g/mol. The smallest absolute Gasteiger partial charge is 0.251 e. The number of halogens is 1. The van der Waals surface area contributed by atoms with Gasteiger partial charge in [0.1, 0.15) is 0 Å². The lowest BCUT2D eigenvalue weighted by atomic mass is 9.63. The highest BCUT2D eigenvalue weighted by atomic mass is 35.5. The number of carbonyl (C=O) groups is 1. The van der Waals surface area contributed by atoms with E-state index in [-0.39, 0.29) is 28.7 Å². The molecule has 7 atom stereocenters. The number of benzene rings is 1. The fraction of sp³-hybridized carbons (Fsp3) is 0.520. The Balaban J connectivity index is 1.46. The largest absolute Gasteiger partial charge is 0.272 e. The van der Waals surface area contributed by atoms with Crippen LogP contribution in [0.15, 0.2) is 59.6 Å². The average molecular weight is 409 g/mol. The van der Waals surface area contributed by atoms with Crippen LogP contribution in [0.2, 0.25) is 0 Å². The van der Waals surface area contributed by atoms with E-state index in [4.69, 9.17) is 11.8 Å². The number of hydrogen-bond donors (Lipinski definition) is 0. The zero-order valence-electron chi connectivity index (χ0n) is 17.0. The second-order valence-corrected chi connectivity index (χ2v) is 10.2. The van der Waals surface area contributed by atoms with Gasteiger partial charge in [-0.2, -0.15) is 0 Å². The lowest BCUT2D eigenvalue weighted by molar-refractivity contribution is -0.129. The van der Waals surface area contributed by atoms with E-state index in [1.807, 2.05) is 0 Å². The van der Waals surface area contributed by atoms with Gasteiger partial charge in [-0.25, -0.2) is 9.41 Å². The van der Waals surface area contributed by atoms with E-state index in [0.717, 1.165) is 32.2 Å². The monoisotopic (exact) mass is 408 g/mol. The van der Waals surface area contributed by atoms with Gasteiger partial charge in [0, 0.05) is 12.6 Å². The Hall–Kier alpha value is -1.71. The van der Waals surface area contributed by atoms with Gasteiger partial charge >= 0.3 is 0 Å². The Bertz CT molecular complexity index is 880. The van der Waals surface area contributed by atoms with Crippen molar-refractivity contribution in [2.24, 2.45) is 34.1 Å². The predicted octanol–water partition coefficient (Wildman–Crippen LogP) is 5.17. The summed E-state index contributed by atoms with van der Waals surface area (Å²) in [6.45, 7) is 6.68. The van der Waals surface area contributed by atoms with Gasteiger partial charge in [0.25, 0.3) is 5.91 Å². The van der Waals surface area contributed by atoms with Gasteiger partial charge in [0.15, 0.2) is 0 Å². The summed E-state index contributed by atoms with van der Waals surface area (Å²) < 4.78 is 2.05. The summed E-state index contributed by atoms with van der Waals surface area (Å²) in [7, 11) is 0. The first kappa shape index (κ1) is 19.3. The van der Waals surface area contributed by atoms with Crippen molar-refractivity contribution in [1.82, 2.24) is 4.42 Å². The van der Waals surface area contributed by atoms with Crippen molar-refractivity contribution in [2.45, 2.75) is 44.1 Å². The fourth-order valence-electron chi connectivity index (χ4n) is 7.21. The molecule has 152 valence electrons. The number of allylic oxidation sites excluding steroid dienone is 3. The van der Waals surface area contributed by atoms with Crippen molar-refractivity contribution in [2.75, 3.05) is 6.54 Å². The van der Waals surface area contributed by atoms with Crippen LogP contribution in [0.3, 0.4) is 0 Å². The number of rotatable bonds is 5. The Morgan fingerprint density at radius 3 is 2.69 bits per heavy atom. The van der Waals surface area contributed by atoms with Crippen LogP contribution in [0.1, 0.15) is 38.2 Å². The minimum absolute atomic E-state index is 0.00793. The lowest BCUT2D eigenvalue weighted by Gasteiger charge is -2.44. The van der Waals surface area contributed by atoms with E-state index < -0.39 is 0 Å². The average Bonchev–Trinajstić information content (AvgIpc) is 3.11. The molecule has 1 aromatic carbocycles. The third-order valence-electron chi connectivity index (χ3n) is 8.37. The molecule has 0 heterocycles. The van der Waals surface area contributed by atoms with E-state index in [1.54, 1.807) is 0 Å². The first-order chi connectivity index (χ1) is 14.0. The van der Waals surface area contributed by atoms with Crippen LogP contribution in [0.5, 0.6) is 0 Å². The van der Waals surface area contributed by atoms with Crippen molar-refractivity contribution in [3.8, 4) is 0 Å². The summed E-state index contributed by atoms with van der Waals surface area (Å²) in [5, 5.41) is 0. The maximum Gasteiger partial charge on any atom is 0.251 e. The first-order valence-corrected chi connectivity index (χ1v) is 11.2. The van der Waals surface area contributed by atoms with Crippen LogP contribution in [0.25, 0.3) is 0 Å². The van der Waals surface area contributed by atoms with Gasteiger partial charge in [0.2, 0.25) is 0 Å². The lowest BCUT2D eigenvalue weighted by Crippen LogP contribution is -2.45. The summed E-state index contributed by atoms with van der Waals surface area (Å²) in [5.74, 6) is 1.59. The van der Waals surface area contributed by atoms with E-state index >= 15 is 0 Å². The van der Waals surface area contributed by atoms with Crippen LogP contribution in [0, 0.1) is 29.1 Å². The molecule has 0 aromatic heterocycles. The molecule has 0 radical (unpaired) electrons. The molecule has 3 nitrogen and oxygen atoms in total. The van der Waals surface area contributed by atoms with Gasteiger partial charge in [-0.1, -0.05) is 61.6 Å². The maximum absolute atomic E-state index is 13.1. The van der Waals surface area contributed by atoms with Crippen LogP contribution < -0.4 is 0 Å². The maximum atomic E-state index is 13.1. The zero-order valence-corrected chi connectivity index (χ0v) is 17.8. The minimum atomic E-state index is -0.383. The fourth-order valence-corrected chi connectivity index (χ4v) is 7.66. The van der Waals surface area contributed by atoms with Crippen LogP contribution in [-0.4, -0.2) is 29.6 Å². The molecule has 0 aliphatic heterocycles. The van der Waals surface area contributed by atoms with E-state index in [2.05, 4.69) is 77.7 Å². The Kier molecular flexibility index (Phi) is 4.60. The molecule has 7 unspecified atom stereocenters. The molecule has 5 aliphatic rings. The van der Waals surface area contributed by atoms with E-state index in [9.17, 15) is 4.79 Å². The molecule has 4 saturated carbocycles. The van der Waals surface area contributed by atoms with Crippen LogP contribution in [0.4, 0.5) is 0 Å². The minimum Gasteiger partial charge on any atom is -0.272 e. The number of amides is 1. The van der Waals surface area contributed by atoms with Crippen LogP contribution >= 0.6 is 11.8 Å². The summed E-state index contributed by atoms with van der Waals surface area (Å²) in [5.41, 5.74) is 1.08. The highest BCUT2D eigenvalue weighted by molar-refractivity contribution is 6.13. The van der Waals surface area contributed by atoms with Crippen molar-refractivity contribution < 1.29 is 4.79 Å². The SMILES string of the molecule is C=NC(=O)C12CC3CC(c4ccccc4)(CC1C3N(Cl)CC1C=CC=CC1C)C2. The summed E-state index contributed by atoms with van der Waals surface area (Å²) >= 11 is 6.99. The Labute approximate surface area is 178 Å². The Morgan fingerprint density at radius 1 is 1.21 bits per heavy atom. The molecule has 1 aromatic rings. The van der Waals surface area contributed by atoms with Gasteiger partial charge in [-0.15, -0.1) is 0 Å². The number of carbonyl (C=O) groups excluding carboxylic acids is 1. The molecule has 4 fully saturated rings. The molecule has 4 bridgehead atoms. The third kappa shape index (κ3) is 2.81. The van der Waals surface area contributed by atoms with Crippen molar-refractivity contribution in [3.63, 3.8) is 0 Å². The number of aliphatic imine (C=N–C) groups is 1. The second kappa shape index (κ2) is 6.92. The molecule has 4 heteroatoms. The number of hydrogen-bond acceptors (Lipinski definition) is 2. The normalized spacial score (nSPS) is 42.0. The van der Waals surface area contributed by atoms with Gasteiger partial charge in [-0.05, 0) is 78.8 Å². The van der Waals surface area contributed by atoms with E-state index in [1.165, 1.54) is 5.56 Å². The van der Waals surface area contributed by atoms with Gasteiger partial charge in [-0.3, -0.25) is 4.79 Å². The van der Waals surface area contributed by atoms with Crippen molar-refractivity contribution in [3.05, 3.63) is 60.2 Å². The van der Waals surface area contributed by atoms with Gasteiger partial charge < -0.3 is 0 Å². The molecule has 0 N–H and O–H groups in total. The standard InChI is InChI=1S/C25H29ClN2O/c1-17-8-6-7-9-18(17)15-28(26)22-19-12-24(20-10-4-3-5-11-20)14-21(22)25(13-19,16-24)23(29)27-2/h3-11,17-19,21-22H,2,12-16H2,1H3. The Morgan fingerprint density at radius 2 is 1.97 bits per heavy atom. The molecule has 0 saturated heterocycles. The summed E-state index contributed by atoms with van der Waals surface area (Å²) in [6.07, 6.45) is 12.7. The highest BCUT2D eigenvalue weighted by Gasteiger charge is 2.71. The zero-order chi connectivity index (χ0) is 20.2. The first-order valence-electron chi connectivity index (χ1n) is 10.8. The molecule has 0 spiro atoms. The quantitative estimate of drug-likeness (QED) is 0.497. The summed E-state index contributed by atoms with van der Waals surface area (Å²) in [4.78, 5) is 17.0. The summed E-state index contributed by atoms with van der Waals surface area (Å²) in [6, 6.07) is 11.0. The molecular formula is C25H29ClN2O. The molecule has 5 aliphatic carbocycles. The third-order valence-corrected chi connectivity index (χ3v) is 8.74. The molecule has 29 heavy (non-hydrogen) atoms.